The van der Waals surface area contributed by atoms with Gasteiger partial charge < -0.3 is 10.6 Å². The molecule has 1 aliphatic carbocycles. The molecule has 0 spiro atoms. The molecular formula is C17H34IN3O2S. The van der Waals surface area contributed by atoms with Crippen LogP contribution in [0.2, 0.25) is 0 Å². The van der Waals surface area contributed by atoms with Crippen LogP contribution in [-0.2, 0) is 9.84 Å². The molecule has 1 heterocycles. The van der Waals surface area contributed by atoms with Crippen LogP contribution in [0.4, 0.5) is 0 Å². The highest BCUT2D eigenvalue weighted by atomic mass is 127. The maximum absolute atomic E-state index is 11.5. The number of hydrogen-bond acceptors (Lipinski definition) is 3. The summed E-state index contributed by atoms with van der Waals surface area (Å²) in [7, 11) is -1.02. The summed E-state index contributed by atoms with van der Waals surface area (Å²) in [5.74, 6) is 2.57. The third-order valence-electron chi connectivity index (χ3n) is 5.22. The predicted octanol–water partition coefficient (Wildman–Crippen LogP) is 2.95. The molecule has 2 N–H and O–H groups in total. The van der Waals surface area contributed by atoms with Crippen LogP contribution in [0.5, 0.6) is 0 Å². The Labute approximate surface area is 164 Å². The lowest BCUT2D eigenvalue weighted by Gasteiger charge is -2.24. The Morgan fingerprint density at radius 2 is 1.88 bits per heavy atom. The fourth-order valence-corrected chi connectivity index (χ4v) is 5.60. The summed E-state index contributed by atoms with van der Waals surface area (Å²) >= 11 is 0. The summed E-state index contributed by atoms with van der Waals surface area (Å²) in [6.45, 7) is 2.89. The first-order valence-corrected chi connectivity index (χ1v) is 11.0. The molecule has 0 aromatic heterocycles. The van der Waals surface area contributed by atoms with Crippen molar-refractivity contribution in [2.75, 3.05) is 25.1 Å². The maximum Gasteiger partial charge on any atom is 0.191 e. The molecule has 0 radical (unpaired) electrons. The van der Waals surface area contributed by atoms with E-state index >= 15 is 0 Å². The zero-order valence-corrected chi connectivity index (χ0v) is 18.2. The van der Waals surface area contributed by atoms with Crippen molar-refractivity contribution in [1.82, 2.24) is 10.6 Å². The van der Waals surface area contributed by atoms with E-state index in [0.717, 1.165) is 18.3 Å². The molecule has 0 bridgehead atoms. The first-order chi connectivity index (χ1) is 11.0. The average Bonchev–Trinajstić information content (AvgIpc) is 2.89. The van der Waals surface area contributed by atoms with Crippen molar-refractivity contribution in [3.05, 3.63) is 0 Å². The van der Waals surface area contributed by atoms with Crippen LogP contribution in [0.3, 0.4) is 0 Å². The van der Waals surface area contributed by atoms with Gasteiger partial charge in [0.1, 0.15) is 0 Å². The van der Waals surface area contributed by atoms with Gasteiger partial charge in [-0.3, -0.25) is 4.99 Å². The summed E-state index contributed by atoms with van der Waals surface area (Å²) in [6, 6.07) is 0.399. The number of aliphatic imine (C=N–C) groups is 1. The second kappa shape index (κ2) is 10.8. The molecule has 24 heavy (non-hydrogen) atoms. The normalized spacial score (nSPS) is 25.8. The molecule has 5 nitrogen and oxygen atoms in total. The lowest BCUT2D eigenvalue weighted by Crippen LogP contribution is -2.44. The van der Waals surface area contributed by atoms with Gasteiger partial charge in [0.2, 0.25) is 0 Å². The number of halogens is 1. The first-order valence-electron chi connectivity index (χ1n) is 9.16. The smallest absolute Gasteiger partial charge is 0.191 e. The molecule has 2 rings (SSSR count). The molecular weight excluding hydrogens is 437 g/mol. The number of rotatable bonds is 6. The molecule has 2 aliphatic rings. The number of nitrogens with zero attached hydrogens (tertiary/aromatic N) is 1. The van der Waals surface area contributed by atoms with E-state index in [0.29, 0.717) is 24.1 Å². The summed E-state index contributed by atoms with van der Waals surface area (Å²) in [5.41, 5.74) is 0. The SMILES string of the molecule is CN=C(NCC1CCS(=O)(=O)C1)NC(C)CCC1CCCCC1.I. The lowest BCUT2D eigenvalue weighted by atomic mass is 9.85. The number of hydrogen-bond donors (Lipinski definition) is 2. The number of guanidine groups is 1. The molecule has 0 aromatic carbocycles. The fourth-order valence-electron chi connectivity index (χ4n) is 3.74. The van der Waals surface area contributed by atoms with Gasteiger partial charge in [-0.1, -0.05) is 32.1 Å². The van der Waals surface area contributed by atoms with Gasteiger partial charge in [0.15, 0.2) is 15.8 Å². The Balaban J connectivity index is 0.00000288. The molecule has 142 valence electrons. The maximum atomic E-state index is 11.5. The standard InChI is InChI=1S/C17H33N3O2S.HI/c1-14(8-9-15-6-4-3-5-7-15)20-17(18-2)19-12-16-10-11-23(21,22)13-16;/h14-16H,3-13H2,1-2H3,(H2,18,19,20);1H. The van der Waals surface area contributed by atoms with Crippen LogP contribution in [0.1, 0.15) is 58.3 Å². The van der Waals surface area contributed by atoms with Gasteiger partial charge in [-0.05, 0) is 38.0 Å². The Kier molecular flexibility index (Phi) is 9.93. The van der Waals surface area contributed by atoms with Crippen molar-refractivity contribution in [1.29, 1.82) is 0 Å². The monoisotopic (exact) mass is 471 g/mol. The van der Waals surface area contributed by atoms with Crippen molar-refractivity contribution in [3.8, 4) is 0 Å². The van der Waals surface area contributed by atoms with Crippen molar-refractivity contribution >= 4 is 39.8 Å². The number of sulfone groups is 1. The summed E-state index contributed by atoms with van der Waals surface area (Å²) in [5, 5.41) is 6.73. The van der Waals surface area contributed by atoms with Crippen LogP contribution in [0, 0.1) is 11.8 Å². The molecule has 1 saturated carbocycles. The first kappa shape index (κ1) is 22.0. The molecule has 2 atom stereocenters. The van der Waals surface area contributed by atoms with Gasteiger partial charge >= 0.3 is 0 Å². The van der Waals surface area contributed by atoms with Crippen molar-refractivity contribution < 1.29 is 8.42 Å². The van der Waals surface area contributed by atoms with E-state index in [-0.39, 0.29) is 29.9 Å². The minimum Gasteiger partial charge on any atom is -0.356 e. The fraction of sp³-hybridized carbons (Fsp3) is 0.941. The summed E-state index contributed by atoms with van der Waals surface area (Å²) < 4.78 is 23.0. The minimum absolute atomic E-state index is 0. The molecule has 2 fully saturated rings. The molecule has 0 amide bonds. The van der Waals surface area contributed by atoms with Crippen LogP contribution in [0.15, 0.2) is 4.99 Å². The third-order valence-corrected chi connectivity index (χ3v) is 7.06. The van der Waals surface area contributed by atoms with Gasteiger partial charge in [-0.2, -0.15) is 0 Å². The average molecular weight is 471 g/mol. The van der Waals surface area contributed by atoms with Gasteiger partial charge in [-0.15, -0.1) is 24.0 Å². The van der Waals surface area contributed by atoms with Crippen molar-refractivity contribution in [3.63, 3.8) is 0 Å². The van der Waals surface area contributed by atoms with Gasteiger partial charge in [0, 0.05) is 19.6 Å². The van der Waals surface area contributed by atoms with Crippen LogP contribution in [-0.4, -0.2) is 45.5 Å². The van der Waals surface area contributed by atoms with Crippen molar-refractivity contribution in [2.45, 2.75) is 64.3 Å². The third kappa shape index (κ3) is 7.89. The number of nitrogens with one attached hydrogen (secondary N) is 2. The lowest BCUT2D eigenvalue weighted by molar-refractivity contribution is 0.322. The van der Waals surface area contributed by atoms with Crippen LogP contribution < -0.4 is 10.6 Å². The van der Waals surface area contributed by atoms with E-state index in [2.05, 4.69) is 22.5 Å². The molecule has 2 unspecified atom stereocenters. The largest absolute Gasteiger partial charge is 0.356 e. The topological polar surface area (TPSA) is 70.6 Å². The quantitative estimate of drug-likeness (QED) is 0.355. The van der Waals surface area contributed by atoms with Gasteiger partial charge in [0.05, 0.1) is 11.5 Å². The van der Waals surface area contributed by atoms with Crippen LogP contribution >= 0.6 is 24.0 Å². The molecule has 7 heteroatoms. The Hall–Kier alpha value is -0.0500. The minimum atomic E-state index is -2.79. The zero-order valence-electron chi connectivity index (χ0n) is 15.1. The summed E-state index contributed by atoms with van der Waals surface area (Å²) in [6.07, 6.45) is 10.3. The van der Waals surface area contributed by atoms with E-state index in [1.54, 1.807) is 7.05 Å². The Morgan fingerprint density at radius 1 is 1.17 bits per heavy atom. The zero-order chi connectivity index (χ0) is 16.7. The van der Waals surface area contributed by atoms with E-state index in [1.807, 2.05) is 0 Å². The highest BCUT2D eigenvalue weighted by Crippen LogP contribution is 2.27. The van der Waals surface area contributed by atoms with Gasteiger partial charge in [0.25, 0.3) is 0 Å². The molecule has 1 aliphatic heterocycles. The second-order valence-electron chi connectivity index (χ2n) is 7.35. The molecule has 1 saturated heterocycles. The Morgan fingerprint density at radius 3 is 2.46 bits per heavy atom. The van der Waals surface area contributed by atoms with Crippen LogP contribution in [0.25, 0.3) is 0 Å². The predicted molar refractivity (Wildman–Crippen MR) is 112 cm³/mol. The molecule has 0 aromatic rings. The highest BCUT2D eigenvalue weighted by Gasteiger charge is 2.27. The highest BCUT2D eigenvalue weighted by molar-refractivity contribution is 14.0. The van der Waals surface area contributed by atoms with Gasteiger partial charge in [-0.25, -0.2) is 8.42 Å². The summed E-state index contributed by atoms with van der Waals surface area (Å²) in [4.78, 5) is 4.27. The van der Waals surface area contributed by atoms with E-state index in [9.17, 15) is 8.42 Å². The Bertz CT molecular complexity index is 490. The van der Waals surface area contributed by atoms with E-state index in [1.165, 1.54) is 44.9 Å². The second-order valence-corrected chi connectivity index (χ2v) is 9.58. The van der Waals surface area contributed by atoms with Crippen molar-refractivity contribution in [2.24, 2.45) is 16.8 Å². The van der Waals surface area contributed by atoms with E-state index < -0.39 is 9.84 Å². The van der Waals surface area contributed by atoms with E-state index in [4.69, 9.17) is 0 Å².